The van der Waals surface area contributed by atoms with Gasteiger partial charge in [0.15, 0.2) is 6.20 Å². The largest absolute Gasteiger partial charge is 0.255 e. The van der Waals surface area contributed by atoms with Gasteiger partial charge in [0.25, 0.3) is 6.34 Å². The van der Waals surface area contributed by atoms with Gasteiger partial charge in [-0.3, -0.25) is 0 Å². The Morgan fingerprint density at radius 2 is 1.67 bits per heavy atom. The number of aliphatic imine (C=N–C) groups is 1. The van der Waals surface area contributed by atoms with Crippen molar-refractivity contribution in [1.82, 2.24) is 4.90 Å². The Balaban J connectivity index is 1.77. The molecule has 0 amide bonds. The van der Waals surface area contributed by atoms with E-state index in [0.717, 1.165) is 6.54 Å². The average molecular weight is 207 g/mol. The van der Waals surface area contributed by atoms with Gasteiger partial charge < -0.3 is 0 Å². The van der Waals surface area contributed by atoms with E-state index in [4.69, 9.17) is 0 Å². The van der Waals surface area contributed by atoms with E-state index in [1.807, 2.05) is 11.1 Å². The van der Waals surface area contributed by atoms with Crippen LogP contribution in [0.4, 0.5) is 0 Å². The Bertz CT molecular complexity index is 185. The van der Waals surface area contributed by atoms with Gasteiger partial charge in [0.05, 0.1) is 6.54 Å². The Kier molecular flexibility index (Phi) is 6.85. The van der Waals surface area contributed by atoms with Crippen LogP contribution in [0.5, 0.6) is 0 Å². The number of rotatable bonds is 9. The van der Waals surface area contributed by atoms with Crippen molar-refractivity contribution in [3.05, 3.63) is 12.4 Å². The molecule has 0 aromatic rings. The highest BCUT2D eigenvalue weighted by molar-refractivity contribution is 5.59. The van der Waals surface area contributed by atoms with Gasteiger partial charge in [-0.2, -0.15) is 4.90 Å². The Morgan fingerprint density at radius 3 is 2.27 bits per heavy atom. The van der Waals surface area contributed by atoms with Crippen LogP contribution in [0, 0.1) is 0 Å². The van der Waals surface area contributed by atoms with E-state index < -0.39 is 0 Å². The molecule has 2 heteroatoms. The Morgan fingerprint density at radius 1 is 1.00 bits per heavy atom. The van der Waals surface area contributed by atoms with Crippen molar-refractivity contribution in [3.63, 3.8) is 0 Å². The predicted octanol–water partition coefficient (Wildman–Crippen LogP) is 3.82. The van der Waals surface area contributed by atoms with Crippen LogP contribution in [0.1, 0.15) is 58.3 Å². The SMILES string of the molecule is CCCCCCCCCCN1[C+]=NC=C1. The first-order valence-electron chi connectivity index (χ1n) is 6.32. The van der Waals surface area contributed by atoms with Crippen LogP contribution in [-0.4, -0.2) is 17.8 Å². The van der Waals surface area contributed by atoms with Crippen molar-refractivity contribution in [2.24, 2.45) is 4.99 Å². The molecule has 0 unspecified atom stereocenters. The van der Waals surface area contributed by atoms with Crippen molar-refractivity contribution >= 4 is 6.34 Å². The lowest BCUT2D eigenvalue weighted by atomic mass is 10.1. The van der Waals surface area contributed by atoms with Crippen LogP contribution in [0.3, 0.4) is 0 Å². The molecule has 0 atom stereocenters. The van der Waals surface area contributed by atoms with Gasteiger partial charge in [-0.25, -0.2) is 0 Å². The molecule has 84 valence electrons. The lowest BCUT2D eigenvalue weighted by Crippen LogP contribution is -2.13. The number of unbranched alkanes of at least 4 members (excludes halogenated alkanes) is 7. The van der Waals surface area contributed by atoms with Crippen LogP contribution in [0.25, 0.3) is 0 Å². The number of hydrogen-bond acceptors (Lipinski definition) is 2. The van der Waals surface area contributed by atoms with Gasteiger partial charge in [-0.15, -0.1) is 0 Å². The van der Waals surface area contributed by atoms with Gasteiger partial charge in [0, 0.05) is 0 Å². The zero-order valence-corrected chi connectivity index (χ0v) is 9.91. The molecule has 0 fully saturated rings. The zero-order valence-electron chi connectivity index (χ0n) is 9.91. The molecule has 0 aromatic heterocycles. The fourth-order valence-corrected chi connectivity index (χ4v) is 1.80. The fraction of sp³-hybridized carbons (Fsp3) is 0.769. The van der Waals surface area contributed by atoms with E-state index in [1.165, 1.54) is 51.4 Å². The number of hydrogen-bond donors (Lipinski definition) is 0. The molecule has 0 saturated heterocycles. The van der Waals surface area contributed by atoms with Crippen LogP contribution in [-0.2, 0) is 0 Å². The third-order valence-corrected chi connectivity index (χ3v) is 2.76. The lowest BCUT2D eigenvalue weighted by Gasteiger charge is -2.03. The maximum atomic E-state index is 3.91. The average Bonchev–Trinajstić information content (AvgIpc) is 2.75. The van der Waals surface area contributed by atoms with E-state index in [0.29, 0.717) is 0 Å². The Labute approximate surface area is 94.1 Å². The molecule has 1 aliphatic heterocycles. The monoisotopic (exact) mass is 207 g/mol. The van der Waals surface area contributed by atoms with Crippen molar-refractivity contribution in [2.75, 3.05) is 6.54 Å². The quantitative estimate of drug-likeness (QED) is 0.414. The first kappa shape index (κ1) is 12.2. The van der Waals surface area contributed by atoms with Gasteiger partial charge in [-0.1, -0.05) is 51.9 Å². The second kappa shape index (κ2) is 8.43. The molecule has 1 rings (SSSR count). The zero-order chi connectivity index (χ0) is 10.8. The predicted molar refractivity (Wildman–Crippen MR) is 65.9 cm³/mol. The van der Waals surface area contributed by atoms with E-state index in [-0.39, 0.29) is 0 Å². The van der Waals surface area contributed by atoms with Gasteiger partial charge >= 0.3 is 0 Å². The first-order chi connectivity index (χ1) is 7.43. The molecule has 1 aliphatic rings. The first-order valence-corrected chi connectivity index (χ1v) is 6.32. The van der Waals surface area contributed by atoms with Crippen LogP contribution in [0.15, 0.2) is 17.4 Å². The van der Waals surface area contributed by atoms with Crippen LogP contribution < -0.4 is 0 Å². The van der Waals surface area contributed by atoms with Gasteiger partial charge in [0.2, 0.25) is 6.20 Å². The molecule has 0 N–H and O–H groups in total. The highest BCUT2D eigenvalue weighted by Crippen LogP contribution is 2.09. The summed E-state index contributed by atoms with van der Waals surface area (Å²) in [5.74, 6) is 0. The van der Waals surface area contributed by atoms with Crippen molar-refractivity contribution in [3.8, 4) is 0 Å². The molecular formula is C13H23N2+. The summed E-state index contributed by atoms with van der Waals surface area (Å²) in [5.41, 5.74) is 0. The van der Waals surface area contributed by atoms with Gasteiger partial charge in [0.1, 0.15) is 0 Å². The minimum Gasteiger partial charge on any atom is -0.173 e. The van der Waals surface area contributed by atoms with Crippen molar-refractivity contribution < 1.29 is 0 Å². The second-order valence-electron chi connectivity index (χ2n) is 4.20. The highest BCUT2D eigenvalue weighted by atomic mass is 15.2. The molecule has 2 nitrogen and oxygen atoms in total. The molecule has 0 bridgehead atoms. The molecule has 0 aromatic carbocycles. The summed E-state index contributed by atoms with van der Waals surface area (Å²) in [5, 5.41) is 0. The van der Waals surface area contributed by atoms with Crippen molar-refractivity contribution in [2.45, 2.75) is 58.3 Å². The maximum absolute atomic E-state index is 3.91. The molecule has 1 heterocycles. The minimum atomic E-state index is 1.08. The normalized spacial score (nSPS) is 13.5. The summed E-state index contributed by atoms with van der Waals surface area (Å²) in [6.45, 7) is 3.34. The summed E-state index contributed by atoms with van der Waals surface area (Å²) >= 11 is 0. The summed E-state index contributed by atoms with van der Waals surface area (Å²) in [6.07, 6.45) is 17.7. The smallest absolute Gasteiger partial charge is 0.173 e. The fourth-order valence-electron chi connectivity index (χ4n) is 1.80. The topological polar surface area (TPSA) is 15.6 Å². The number of nitrogens with zero attached hydrogens (tertiary/aromatic N) is 2. The summed E-state index contributed by atoms with van der Waals surface area (Å²) in [4.78, 5) is 5.95. The molecule has 0 radical (unpaired) electrons. The van der Waals surface area contributed by atoms with E-state index in [9.17, 15) is 0 Å². The highest BCUT2D eigenvalue weighted by Gasteiger charge is 2.08. The van der Waals surface area contributed by atoms with Crippen LogP contribution >= 0.6 is 0 Å². The molecule has 15 heavy (non-hydrogen) atoms. The standard InChI is InChI=1S/C13H23N2/c1-2-3-4-5-6-7-8-9-11-15-12-10-14-13-15/h10,12H,2-9,11H2,1H3/q+1. The Hall–Kier alpha value is -0.880. The van der Waals surface area contributed by atoms with Crippen LogP contribution in [0.2, 0.25) is 0 Å². The third-order valence-electron chi connectivity index (χ3n) is 2.76. The molecule has 0 spiro atoms. The third kappa shape index (κ3) is 6.24. The lowest BCUT2D eigenvalue weighted by molar-refractivity contribution is 0.509. The summed E-state index contributed by atoms with van der Waals surface area (Å²) < 4.78 is 0. The maximum Gasteiger partial charge on any atom is 0.255 e. The molecule has 0 saturated carbocycles. The van der Waals surface area contributed by atoms with Gasteiger partial charge in [-0.05, 0) is 11.4 Å². The minimum absolute atomic E-state index is 1.08. The second-order valence-corrected chi connectivity index (χ2v) is 4.20. The summed E-state index contributed by atoms with van der Waals surface area (Å²) in [7, 11) is 0. The van der Waals surface area contributed by atoms with E-state index in [2.05, 4.69) is 18.3 Å². The van der Waals surface area contributed by atoms with E-state index in [1.54, 1.807) is 6.20 Å². The molecule has 0 aliphatic carbocycles. The summed E-state index contributed by atoms with van der Waals surface area (Å²) in [6, 6.07) is 0. The van der Waals surface area contributed by atoms with Crippen molar-refractivity contribution in [1.29, 1.82) is 0 Å². The molecular weight excluding hydrogens is 184 g/mol. The van der Waals surface area contributed by atoms with E-state index >= 15 is 0 Å².